The van der Waals surface area contributed by atoms with Crippen molar-refractivity contribution in [2.45, 2.75) is 58.7 Å². The van der Waals surface area contributed by atoms with Gasteiger partial charge in [-0.05, 0) is 106 Å². The van der Waals surface area contributed by atoms with Gasteiger partial charge in [0, 0.05) is 72.6 Å². The smallest absolute Gasteiger partial charge is 0.351 e. The molecule has 0 aliphatic carbocycles. The number of carbonyl (C=O) groups excluding carboxylic acids is 2. The maximum Gasteiger partial charge on any atom is 0.351 e. The fraction of sp³-hybridized carbons (Fsp3) is 0.255. The van der Waals surface area contributed by atoms with Crippen molar-refractivity contribution in [2.75, 3.05) is 29.4 Å². The molecule has 11 nitrogen and oxygen atoms in total. The van der Waals surface area contributed by atoms with Crippen molar-refractivity contribution in [1.29, 1.82) is 0 Å². The van der Waals surface area contributed by atoms with Crippen LogP contribution in [-0.4, -0.2) is 68.9 Å². The molecule has 0 spiro atoms. The standard InChI is InChI=1S/C44H44FN5O4.C3H4N2/c1-5-50(36-23-19-34(45)20-24-36)39(51)25-10-29-8-11-31(12-9-29)40-41(47-42(46-40)33-17-21-35(22-18-33)49-26-6-7-27-49)32-15-13-30(14-16-32)37-28-38(54-48-37)43(52)53-44(2,3)4;1-2-5-3-4-1/h8-25,38H,5-7,26-28H2,1-4H3,(H,46,47);1-3H,(H,4,5). The molecule has 4 aromatic carbocycles. The highest BCUT2D eigenvalue weighted by Crippen LogP contribution is 2.35. The number of carbonyl (C=O) groups is 2. The number of anilines is 2. The summed E-state index contributed by atoms with van der Waals surface area (Å²) in [5, 5.41) is 4.20. The highest BCUT2D eigenvalue weighted by atomic mass is 19.1. The minimum absolute atomic E-state index is 0.191. The summed E-state index contributed by atoms with van der Waals surface area (Å²) in [4.78, 5) is 50.2. The second kappa shape index (κ2) is 18.2. The number of aromatic amines is 2. The van der Waals surface area contributed by atoms with Gasteiger partial charge in [0.05, 0.1) is 23.4 Å². The normalized spacial score (nSPS) is 15.0. The number of benzene rings is 4. The van der Waals surface area contributed by atoms with Gasteiger partial charge in [-0.15, -0.1) is 0 Å². The van der Waals surface area contributed by atoms with Gasteiger partial charge in [0.25, 0.3) is 5.91 Å². The summed E-state index contributed by atoms with van der Waals surface area (Å²) in [7, 11) is 0. The minimum Gasteiger partial charge on any atom is -0.457 e. The minimum atomic E-state index is -0.771. The summed E-state index contributed by atoms with van der Waals surface area (Å²) in [6.07, 6.45) is 10.4. The Balaban J connectivity index is 0.000000983. The van der Waals surface area contributed by atoms with E-state index in [4.69, 9.17) is 14.6 Å². The summed E-state index contributed by atoms with van der Waals surface area (Å²) in [5.41, 5.74) is 8.09. The Morgan fingerprint density at radius 3 is 2.17 bits per heavy atom. The van der Waals surface area contributed by atoms with E-state index in [2.05, 4.69) is 49.3 Å². The predicted octanol–water partition coefficient (Wildman–Crippen LogP) is 9.46. The topological polar surface area (TPSA) is 129 Å². The Hall–Kier alpha value is -6.82. The van der Waals surface area contributed by atoms with Gasteiger partial charge in [-0.1, -0.05) is 53.7 Å². The van der Waals surface area contributed by atoms with Crippen LogP contribution in [0.1, 0.15) is 58.1 Å². The molecular formula is C47H48FN7O4. The number of nitrogens with zero attached hydrogens (tertiary/aromatic N) is 5. The summed E-state index contributed by atoms with van der Waals surface area (Å²) < 4.78 is 18.9. The number of esters is 1. The first-order chi connectivity index (χ1) is 28.5. The molecule has 1 saturated heterocycles. The SMILES string of the molecule is CCN(C(=O)C=Cc1ccc(-c2[nH]c(-c3ccc(N4CCCC4)cc3)nc2-c2ccc(C3=NOC(C(=O)OC(C)(C)C)C3)cc2)cc1)c1ccc(F)cc1.c1c[nH]cn1. The van der Waals surface area contributed by atoms with Gasteiger partial charge in [-0.25, -0.2) is 19.2 Å². The zero-order valence-corrected chi connectivity index (χ0v) is 33.7. The molecule has 0 bridgehead atoms. The quantitative estimate of drug-likeness (QED) is 0.104. The molecule has 0 radical (unpaired) electrons. The number of amides is 1. The predicted molar refractivity (Wildman–Crippen MR) is 230 cm³/mol. The van der Waals surface area contributed by atoms with E-state index in [0.29, 0.717) is 24.4 Å². The van der Waals surface area contributed by atoms with Crippen molar-refractivity contribution in [3.63, 3.8) is 0 Å². The summed E-state index contributed by atoms with van der Waals surface area (Å²) in [5.74, 6) is -0.216. The number of ether oxygens (including phenoxy) is 1. The van der Waals surface area contributed by atoms with Crippen LogP contribution < -0.4 is 9.80 Å². The fourth-order valence-corrected chi connectivity index (χ4v) is 6.92. The average molecular weight is 794 g/mol. The van der Waals surface area contributed by atoms with Gasteiger partial charge < -0.3 is 29.3 Å². The highest BCUT2D eigenvalue weighted by molar-refractivity contribution is 6.04. The zero-order valence-electron chi connectivity index (χ0n) is 33.7. The van der Waals surface area contributed by atoms with Crippen LogP contribution in [0, 0.1) is 5.82 Å². The van der Waals surface area contributed by atoms with E-state index < -0.39 is 17.7 Å². The van der Waals surface area contributed by atoms with Crippen molar-refractivity contribution in [3.8, 4) is 33.9 Å². The molecular weight excluding hydrogens is 746 g/mol. The Morgan fingerprint density at radius 2 is 1.56 bits per heavy atom. The van der Waals surface area contributed by atoms with Crippen LogP contribution >= 0.6 is 0 Å². The first-order valence-electron chi connectivity index (χ1n) is 19.8. The van der Waals surface area contributed by atoms with E-state index in [9.17, 15) is 14.0 Å². The molecule has 6 aromatic rings. The summed E-state index contributed by atoms with van der Waals surface area (Å²) in [6.45, 7) is 9.97. The zero-order chi connectivity index (χ0) is 41.4. The highest BCUT2D eigenvalue weighted by Gasteiger charge is 2.33. The maximum absolute atomic E-state index is 13.5. The van der Waals surface area contributed by atoms with Crippen molar-refractivity contribution in [2.24, 2.45) is 5.16 Å². The number of halogens is 1. The molecule has 1 amide bonds. The molecule has 2 N–H and O–H groups in total. The lowest BCUT2D eigenvalue weighted by Gasteiger charge is -2.20. The summed E-state index contributed by atoms with van der Waals surface area (Å²) >= 11 is 0. The lowest BCUT2D eigenvalue weighted by Crippen LogP contribution is -2.32. The van der Waals surface area contributed by atoms with Crippen molar-refractivity contribution < 1.29 is 23.6 Å². The number of hydrogen-bond donors (Lipinski definition) is 2. The molecule has 2 aliphatic rings. The molecule has 2 aromatic heterocycles. The van der Waals surface area contributed by atoms with Crippen LogP contribution in [0.2, 0.25) is 0 Å². The Morgan fingerprint density at radius 1 is 0.898 bits per heavy atom. The van der Waals surface area contributed by atoms with Crippen LogP contribution in [0.15, 0.2) is 127 Å². The number of aromatic nitrogens is 4. The number of hydrogen-bond acceptors (Lipinski definition) is 8. The van der Waals surface area contributed by atoms with Gasteiger partial charge >= 0.3 is 5.97 Å². The third-order valence-electron chi connectivity index (χ3n) is 9.89. The second-order valence-electron chi connectivity index (χ2n) is 15.3. The maximum atomic E-state index is 13.5. The number of H-pyrrole nitrogens is 2. The van der Waals surface area contributed by atoms with Gasteiger partial charge in [-0.3, -0.25) is 4.79 Å². The Bertz CT molecular complexity index is 2360. The number of likely N-dealkylation sites (N-methyl/N-ethyl adjacent to an activating group) is 1. The summed E-state index contributed by atoms with van der Waals surface area (Å²) in [6, 6.07) is 30.3. The van der Waals surface area contributed by atoms with E-state index in [1.807, 2.05) is 76.2 Å². The van der Waals surface area contributed by atoms with Gasteiger partial charge in [0.1, 0.15) is 17.2 Å². The molecule has 302 valence electrons. The Labute approximate surface area is 343 Å². The fourth-order valence-electron chi connectivity index (χ4n) is 6.92. The molecule has 1 fully saturated rings. The molecule has 59 heavy (non-hydrogen) atoms. The second-order valence-corrected chi connectivity index (χ2v) is 15.3. The van der Waals surface area contributed by atoms with Crippen LogP contribution in [0.5, 0.6) is 0 Å². The van der Waals surface area contributed by atoms with E-state index in [-0.39, 0.29) is 11.7 Å². The van der Waals surface area contributed by atoms with E-state index in [1.165, 1.54) is 36.7 Å². The largest absolute Gasteiger partial charge is 0.457 e. The number of nitrogens with one attached hydrogen (secondary N) is 2. The van der Waals surface area contributed by atoms with Crippen molar-refractivity contribution in [3.05, 3.63) is 139 Å². The van der Waals surface area contributed by atoms with Gasteiger partial charge in [0.15, 0.2) is 0 Å². The lowest BCUT2D eigenvalue weighted by molar-refractivity contribution is -0.166. The van der Waals surface area contributed by atoms with E-state index in [1.54, 1.807) is 41.8 Å². The first-order valence-corrected chi connectivity index (χ1v) is 19.8. The molecule has 1 unspecified atom stereocenters. The van der Waals surface area contributed by atoms with Crippen LogP contribution in [0.25, 0.3) is 40.0 Å². The van der Waals surface area contributed by atoms with Crippen molar-refractivity contribution >= 4 is 35.0 Å². The third-order valence-corrected chi connectivity index (χ3v) is 9.89. The molecule has 2 aliphatic heterocycles. The molecule has 4 heterocycles. The lowest BCUT2D eigenvalue weighted by atomic mass is 10.00. The molecule has 0 saturated carbocycles. The number of imidazole rings is 2. The number of oxime groups is 1. The Kier molecular flexibility index (Phi) is 12.4. The van der Waals surface area contributed by atoms with Crippen molar-refractivity contribution in [1.82, 2.24) is 19.9 Å². The van der Waals surface area contributed by atoms with E-state index >= 15 is 0 Å². The molecule has 12 heteroatoms. The molecule has 8 rings (SSSR count). The molecule has 1 atom stereocenters. The van der Waals surface area contributed by atoms with Crippen LogP contribution in [0.3, 0.4) is 0 Å². The van der Waals surface area contributed by atoms with Gasteiger partial charge in [-0.2, -0.15) is 0 Å². The van der Waals surface area contributed by atoms with Crippen LogP contribution in [-0.2, 0) is 19.2 Å². The van der Waals surface area contributed by atoms with Gasteiger partial charge in [0.2, 0.25) is 6.10 Å². The van der Waals surface area contributed by atoms with E-state index in [0.717, 1.165) is 58.1 Å². The third kappa shape index (κ3) is 10.2. The monoisotopic (exact) mass is 793 g/mol. The number of rotatable bonds is 10. The van der Waals surface area contributed by atoms with Crippen LogP contribution in [0.4, 0.5) is 15.8 Å². The average Bonchev–Trinajstić information content (AvgIpc) is 4.10. The first kappa shape index (κ1) is 40.4.